The number of allylic oxidation sites excluding steroid dienone is 4. The molecule has 1 atom stereocenters. The molecular weight excluding hydrogens is 342 g/mol. The first kappa shape index (κ1) is 15.5. The van der Waals surface area contributed by atoms with Crippen LogP contribution in [0.15, 0.2) is 90.2 Å². The third-order valence-electron chi connectivity index (χ3n) is 5.88. The van der Waals surface area contributed by atoms with Gasteiger partial charge in [0.1, 0.15) is 11.5 Å². The Kier molecular flexibility index (Phi) is 3.18. The van der Waals surface area contributed by atoms with E-state index in [0.717, 1.165) is 11.5 Å². The maximum Gasteiger partial charge on any atom is 0.135 e. The van der Waals surface area contributed by atoms with Crippen LogP contribution in [0.5, 0.6) is 5.75 Å². The van der Waals surface area contributed by atoms with Crippen LogP contribution >= 0.6 is 0 Å². The molecule has 0 fully saturated rings. The van der Waals surface area contributed by atoms with E-state index in [9.17, 15) is 0 Å². The molecule has 1 aliphatic carbocycles. The van der Waals surface area contributed by atoms with E-state index in [-0.39, 0.29) is 5.92 Å². The maximum absolute atomic E-state index is 6.36. The first-order valence-corrected chi connectivity index (χ1v) is 9.67. The van der Waals surface area contributed by atoms with E-state index in [1.807, 2.05) is 0 Å². The number of para-hydroxylation sites is 1. The molecule has 1 aromatic heterocycles. The zero-order valence-electron chi connectivity index (χ0n) is 15.6. The molecule has 0 spiro atoms. The van der Waals surface area contributed by atoms with Crippen molar-refractivity contribution in [2.75, 3.05) is 0 Å². The number of ether oxygens (including phenoxy) is 1. The highest BCUT2D eigenvalue weighted by atomic mass is 16.5. The van der Waals surface area contributed by atoms with Gasteiger partial charge in [0.05, 0.1) is 0 Å². The van der Waals surface area contributed by atoms with Crippen molar-refractivity contribution < 1.29 is 4.74 Å². The van der Waals surface area contributed by atoms with E-state index in [1.54, 1.807) is 0 Å². The zero-order chi connectivity index (χ0) is 18.7. The van der Waals surface area contributed by atoms with E-state index in [4.69, 9.17) is 4.74 Å². The number of aryl methyl sites for hydroxylation is 1. The van der Waals surface area contributed by atoms with E-state index < -0.39 is 0 Å². The number of hydrogen-bond donors (Lipinski definition) is 1. The average molecular weight is 361 g/mol. The molecule has 0 saturated heterocycles. The van der Waals surface area contributed by atoms with Crippen LogP contribution in [0, 0.1) is 6.92 Å². The molecular formula is C26H19NO. The predicted octanol–water partition coefficient (Wildman–Crippen LogP) is 6.64. The Balaban J connectivity index is 1.60. The van der Waals surface area contributed by atoms with Crippen LogP contribution < -0.4 is 4.74 Å². The van der Waals surface area contributed by atoms with Gasteiger partial charge in [0, 0.05) is 33.7 Å². The number of aromatic amines is 1. The van der Waals surface area contributed by atoms with E-state index in [0.29, 0.717) is 0 Å². The molecule has 0 bridgehead atoms. The molecule has 2 nitrogen and oxygen atoms in total. The summed E-state index contributed by atoms with van der Waals surface area (Å²) in [6.45, 7) is 2.16. The van der Waals surface area contributed by atoms with Crippen LogP contribution in [0.3, 0.4) is 0 Å². The summed E-state index contributed by atoms with van der Waals surface area (Å²) < 4.78 is 6.36. The van der Waals surface area contributed by atoms with Gasteiger partial charge in [0.2, 0.25) is 0 Å². The maximum atomic E-state index is 6.36. The molecule has 2 heteroatoms. The lowest BCUT2D eigenvalue weighted by atomic mass is 9.82. The largest absolute Gasteiger partial charge is 0.456 e. The zero-order valence-corrected chi connectivity index (χ0v) is 15.6. The summed E-state index contributed by atoms with van der Waals surface area (Å²) in [4.78, 5) is 3.55. The fourth-order valence-electron chi connectivity index (χ4n) is 4.60. The molecule has 4 aromatic rings. The number of fused-ring (bicyclic) bond motifs is 5. The fraction of sp³-hybridized carbons (Fsp3) is 0.0769. The van der Waals surface area contributed by atoms with E-state index in [2.05, 4.69) is 96.9 Å². The Morgan fingerprint density at radius 1 is 0.893 bits per heavy atom. The van der Waals surface area contributed by atoms with Gasteiger partial charge in [-0.05, 0) is 47.5 Å². The summed E-state index contributed by atoms with van der Waals surface area (Å²) in [5.41, 5.74) is 6.11. The lowest BCUT2D eigenvalue weighted by Gasteiger charge is -2.28. The monoisotopic (exact) mass is 361 g/mol. The van der Waals surface area contributed by atoms with Crippen LogP contribution in [0.1, 0.15) is 22.7 Å². The minimum atomic E-state index is 0.170. The van der Waals surface area contributed by atoms with Crippen molar-refractivity contribution in [2.24, 2.45) is 0 Å². The molecule has 1 N–H and O–H groups in total. The minimum absolute atomic E-state index is 0.170. The van der Waals surface area contributed by atoms with Gasteiger partial charge < -0.3 is 9.72 Å². The molecule has 134 valence electrons. The van der Waals surface area contributed by atoms with Crippen LogP contribution in [-0.4, -0.2) is 4.98 Å². The van der Waals surface area contributed by atoms with E-state index >= 15 is 0 Å². The normalized spacial score (nSPS) is 17.7. The third kappa shape index (κ3) is 2.15. The van der Waals surface area contributed by atoms with Gasteiger partial charge in [0.15, 0.2) is 0 Å². The van der Waals surface area contributed by atoms with Gasteiger partial charge >= 0.3 is 0 Å². The topological polar surface area (TPSA) is 25.0 Å². The van der Waals surface area contributed by atoms with Crippen LogP contribution in [0.4, 0.5) is 0 Å². The Morgan fingerprint density at radius 3 is 2.64 bits per heavy atom. The molecule has 1 aliphatic heterocycles. The summed E-state index contributed by atoms with van der Waals surface area (Å²) in [5.74, 6) is 2.04. The lowest BCUT2D eigenvalue weighted by molar-refractivity contribution is 0.425. The molecule has 2 aliphatic rings. The van der Waals surface area contributed by atoms with Gasteiger partial charge in [-0.25, -0.2) is 0 Å². The highest BCUT2D eigenvalue weighted by molar-refractivity contribution is 5.95. The molecule has 2 heterocycles. The second kappa shape index (κ2) is 5.74. The Hall–Kier alpha value is -3.52. The number of nitrogens with one attached hydrogen (secondary N) is 1. The highest BCUT2D eigenvalue weighted by Gasteiger charge is 2.29. The Bertz CT molecular complexity index is 1350. The Morgan fingerprint density at radius 2 is 1.71 bits per heavy atom. The van der Waals surface area contributed by atoms with Gasteiger partial charge in [-0.15, -0.1) is 0 Å². The smallest absolute Gasteiger partial charge is 0.135 e. The second-order valence-corrected chi connectivity index (χ2v) is 7.50. The molecule has 28 heavy (non-hydrogen) atoms. The van der Waals surface area contributed by atoms with Crippen molar-refractivity contribution in [1.82, 2.24) is 4.98 Å². The molecule has 1 unspecified atom stereocenters. The van der Waals surface area contributed by atoms with Gasteiger partial charge in [0.25, 0.3) is 0 Å². The van der Waals surface area contributed by atoms with Gasteiger partial charge in [-0.2, -0.15) is 0 Å². The predicted molar refractivity (Wildman–Crippen MR) is 116 cm³/mol. The third-order valence-corrected chi connectivity index (χ3v) is 5.88. The van der Waals surface area contributed by atoms with Crippen molar-refractivity contribution in [3.8, 4) is 5.75 Å². The quantitative estimate of drug-likeness (QED) is 0.404. The minimum Gasteiger partial charge on any atom is -0.456 e. The molecule has 0 radical (unpaired) electrons. The number of aromatic nitrogens is 1. The summed E-state index contributed by atoms with van der Waals surface area (Å²) in [5, 5.41) is 3.75. The summed E-state index contributed by atoms with van der Waals surface area (Å²) >= 11 is 0. The SMILES string of the molecule is Cc1[nH]c2ccccc2c1C1C=CC=C2Oc3ccc4ccccc4c3C=C21. The van der Waals surface area contributed by atoms with Crippen molar-refractivity contribution in [3.05, 3.63) is 107 Å². The number of rotatable bonds is 1. The molecule has 0 amide bonds. The van der Waals surface area contributed by atoms with Crippen molar-refractivity contribution >= 4 is 27.8 Å². The van der Waals surface area contributed by atoms with Crippen molar-refractivity contribution in [3.63, 3.8) is 0 Å². The van der Waals surface area contributed by atoms with Gasteiger partial charge in [-0.3, -0.25) is 0 Å². The Labute approximate surface area is 163 Å². The molecule has 3 aromatic carbocycles. The standard InChI is InChI=1S/C26H19NO/c1-16-26(20-9-4-5-11-23(20)27-16)19-10-6-12-24-22(19)15-21-18-8-3-2-7-17(18)13-14-25(21)28-24/h2-15,19,27H,1H3. The molecule has 6 rings (SSSR count). The lowest BCUT2D eigenvalue weighted by Crippen LogP contribution is -2.14. The fourth-order valence-corrected chi connectivity index (χ4v) is 4.60. The number of H-pyrrole nitrogens is 1. The van der Waals surface area contributed by atoms with Crippen LogP contribution in [0.2, 0.25) is 0 Å². The van der Waals surface area contributed by atoms with Gasteiger partial charge in [-0.1, -0.05) is 60.7 Å². The van der Waals surface area contributed by atoms with Crippen LogP contribution in [0.25, 0.3) is 27.8 Å². The first-order valence-electron chi connectivity index (χ1n) is 9.67. The van der Waals surface area contributed by atoms with E-state index in [1.165, 1.54) is 44.1 Å². The average Bonchev–Trinajstić information content (AvgIpc) is 3.07. The van der Waals surface area contributed by atoms with Crippen LogP contribution in [-0.2, 0) is 0 Å². The van der Waals surface area contributed by atoms with Crippen molar-refractivity contribution in [2.45, 2.75) is 12.8 Å². The second-order valence-electron chi connectivity index (χ2n) is 7.50. The first-order chi connectivity index (χ1) is 13.8. The summed E-state index contributed by atoms with van der Waals surface area (Å²) in [6, 6.07) is 21.2. The highest BCUT2D eigenvalue weighted by Crippen LogP contribution is 2.45. The molecule has 0 saturated carbocycles. The van der Waals surface area contributed by atoms with Crippen molar-refractivity contribution in [1.29, 1.82) is 0 Å². The summed E-state index contributed by atoms with van der Waals surface area (Å²) in [7, 11) is 0. The number of benzene rings is 3. The number of hydrogen-bond acceptors (Lipinski definition) is 1. The summed E-state index contributed by atoms with van der Waals surface area (Å²) in [6.07, 6.45) is 8.79.